The predicted molar refractivity (Wildman–Crippen MR) is 93.2 cm³/mol. The summed E-state index contributed by atoms with van der Waals surface area (Å²) in [4.78, 5) is 10.8. The van der Waals surface area contributed by atoms with E-state index in [2.05, 4.69) is 25.5 Å². The molecule has 1 aliphatic carbocycles. The van der Waals surface area contributed by atoms with Crippen molar-refractivity contribution in [2.45, 2.75) is 37.3 Å². The molecule has 7 heteroatoms. The van der Waals surface area contributed by atoms with Crippen molar-refractivity contribution in [3.63, 3.8) is 0 Å². The number of aliphatic hydroxyl groups is 1. The molecule has 23 heavy (non-hydrogen) atoms. The van der Waals surface area contributed by atoms with Crippen molar-refractivity contribution in [2.24, 2.45) is 4.99 Å². The topological polar surface area (TPSA) is 72.8 Å². The highest BCUT2D eigenvalue weighted by atomic mass is 35.5. The van der Waals surface area contributed by atoms with Crippen molar-refractivity contribution < 1.29 is 5.11 Å². The van der Waals surface area contributed by atoms with Gasteiger partial charge in [-0.1, -0.05) is 11.6 Å². The van der Waals surface area contributed by atoms with E-state index in [1.807, 2.05) is 12.1 Å². The second kappa shape index (κ2) is 6.93. The van der Waals surface area contributed by atoms with Crippen LogP contribution in [0.5, 0.6) is 0 Å². The minimum absolute atomic E-state index is 0.287. The molecule has 1 saturated heterocycles. The first-order valence-electron chi connectivity index (χ1n) is 8.15. The SMILES string of the molecule is CN=C(NCC1(O)CCC1)NC1CCN(c2ncccc2Cl)C1. The molecule has 1 aromatic rings. The van der Waals surface area contributed by atoms with Crippen LogP contribution in [0.3, 0.4) is 0 Å². The van der Waals surface area contributed by atoms with Crippen LogP contribution < -0.4 is 15.5 Å². The van der Waals surface area contributed by atoms with Gasteiger partial charge in [0, 0.05) is 38.9 Å². The number of hydrogen-bond acceptors (Lipinski definition) is 4. The van der Waals surface area contributed by atoms with E-state index < -0.39 is 5.60 Å². The molecule has 1 aromatic heterocycles. The number of hydrogen-bond donors (Lipinski definition) is 3. The largest absolute Gasteiger partial charge is 0.388 e. The molecule has 126 valence electrons. The van der Waals surface area contributed by atoms with Gasteiger partial charge in [-0.2, -0.15) is 0 Å². The van der Waals surface area contributed by atoms with Crippen molar-refractivity contribution in [1.29, 1.82) is 0 Å². The molecule has 0 bridgehead atoms. The maximum absolute atomic E-state index is 10.2. The number of guanidine groups is 1. The van der Waals surface area contributed by atoms with Gasteiger partial charge in [0.05, 0.1) is 10.6 Å². The lowest BCUT2D eigenvalue weighted by Crippen LogP contribution is -2.52. The third-order valence-electron chi connectivity index (χ3n) is 4.66. The van der Waals surface area contributed by atoms with Crippen LogP contribution in [0.2, 0.25) is 5.02 Å². The zero-order chi connectivity index (χ0) is 16.3. The Bertz CT molecular complexity index is 575. The zero-order valence-electron chi connectivity index (χ0n) is 13.4. The van der Waals surface area contributed by atoms with E-state index >= 15 is 0 Å². The Kier molecular flexibility index (Phi) is 4.92. The first-order valence-corrected chi connectivity index (χ1v) is 8.52. The van der Waals surface area contributed by atoms with Gasteiger partial charge in [-0.25, -0.2) is 4.98 Å². The van der Waals surface area contributed by atoms with Gasteiger partial charge < -0.3 is 20.6 Å². The van der Waals surface area contributed by atoms with Crippen molar-refractivity contribution in [2.75, 3.05) is 31.6 Å². The van der Waals surface area contributed by atoms with Gasteiger partial charge >= 0.3 is 0 Å². The lowest BCUT2D eigenvalue weighted by molar-refractivity contribution is -0.0279. The van der Waals surface area contributed by atoms with Crippen molar-refractivity contribution in [3.05, 3.63) is 23.4 Å². The fraction of sp³-hybridized carbons (Fsp3) is 0.625. The number of aliphatic imine (C=N–C) groups is 1. The third kappa shape index (κ3) is 3.87. The van der Waals surface area contributed by atoms with E-state index in [0.29, 0.717) is 11.6 Å². The molecular weight excluding hydrogens is 314 g/mol. The molecule has 1 saturated carbocycles. The molecule has 0 spiro atoms. The quantitative estimate of drug-likeness (QED) is 0.572. The number of pyridine rings is 1. The van der Waals surface area contributed by atoms with Crippen LogP contribution in [-0.2, 0) is 0 Å². The molecule has 2 aliphatic rings. The molecule has 0 aromatic carbocycles. The van der Waals surface area contributed by atoms with E-state index in [-0.39, 0.29) is 6.04 Å². The molecule has 3 N–H and O–H groups in total. The molecule has 0 radical (unpaired) electrons. The highest BCUT2D eigenvalue weighted by Gasteiger charge is 2.34. The van der Waals surface area contributed by atoms with Gasteiger partial charge in [-0.15, -0.1) is 0 Å². The fourth-order valence-electron chi connectivity index (χ4n) is 3.08. The molecule has 0 amide bonds. The zero-order valence-corrected chi connectivity index (χ0v) is 14.2. The first-order chi connectivity index (χ1) is 11.1. The lowest BCUT2D eigenvalue weighted by atomic mass is 9.80. The van der Waals surface area contributed by atoms with E-state index in [1.54, 1.807) is 13.2 Å². The van der Waals surface area contributed by atoms with E-state index in [0.717, 1.165) is 50.6 Å². The Morgan fingerprint density at radius 3 is 3.04 bits per heavy atom. The number of rotatable bonds is 4. The molecule has 6 nitrogen and oxygen atoms in total. The van der Waals surface area contributed by atoms with E-state index in [4.69, 9.17) is 11.6 Å². The summed E-state index contributed by atoms with van der Waals surface area (Å²) in [5.41, 5.74) is -0.555. The number of aromatic nitrogens is 1. The Morgan fingerprint density at radius 1 is 1.57 bits per heavy atom. The second-order valence-corrected chi connectivity index (χ2v) is 6.80. The summed E-state index contributed by atoms with van der Waals surface area (Å²) < 4.78 is 0. The Labute approximate surface area is 142 Å². The monoisotopic (exact) mass is 337 g/mol. The first kappa shape index (κ1) is 16.3. The maximum Gasteiger partial charge on any atom is 0.191 e. The molecule has 2 fully saturated rings. The highest BCUT2D eigenvalue weighted by molar-refractivity contribution is 6.32. The van der Waals surface area contributed by atoms with Crippen molar-refractivity contribution in [3.8, 4) is 0 Å². The van der Waals surface area contributed by atoms with Gasteiger partial charge in [-0.3, -0.25) is 4.99 Å². The van der Waals surface area contributed by atoms with Crippen LogP contribution >= 0.6 is 11.6 Å². The average Bonchev–Trinajstić information content (AvgIpc) is 2.98. The van der Waals surface area contributed by atoms with Gasteiger partial charge in [0.1, 0.15) is 5.82 Å². The summed E-state index contributed by atoms with van der Waals surface area (Å²) in [7, 11) is 1.75. The molecule has 1 atom stereocenters. The molecule has 1 aliphatic heterocycles. The fourth-order valence-corrected chi connectivity index (χ4v) is 3.32. The Balaban J connectivity index is 1.51. The minimum atomic E-state index is -0.555. The average molecular weight is 338 g/mol. The van der Waals surface area contributed by atoms with Crippen LogP contribution in [0.4, 0.5) is 5.82 Å². The van der Waals surface area contributed by atoms with Gasteiger partial charge in [-0.05, 0) is 37.8 Å². The normalized spacial score (nSPS) is 23.5. The molecular formula is C16H24ClN5O. The number of nitrogens with zero attached hydrogens (tertiary/aromatic N) is 3. The van der Waals surface area contributed by atoms with Crippen LogP contribution in [0.25, 0.3) is 0 Å². The summed E-state index contributed by atoms with van der Waals surface area (Å²) in [5, 5.41) is 17.5. The van der Waals surface area contributed by atoms with Gasteiger partial charge in [0.15, 0.2) is 5.96 Å². The van der Waals surface area contributed by atoms with Crippen LogP contribution in [0.1, 0.15) is 25.7 Å². The van der Waals surface area contributed by atoms with Crippen molar-refractivity contribution >= 4 is 23.4 Å². The second-order valence-electron chi connectivity index (χ2n) is 6.39. The summed E-state index contributed by atoms with van der Waals surface area (Å²) in [6.45, 7) is 2.30. The Morgan fingerprint density at radius 2 is 2.39 bits per heavy atom. The van der Waals surface area contributed by atoms with Crippen LogP contribution in [-0.4, -0.2) is 54.4 Å². The van der Waals surface area contributed by atoms with Crippen LogP contribution in [0.15, 0.2) is 23.3 Å². The molecule has 2 heterocycles. The maximum atomic E-state index is 10.2. The summed E-state index contributed by atoms with van der Waals surface area (Å²) in [6.07, 6.45) is 5.60. The third-order valence-corrected chi connectivity index (χ3v) is 4.96. The van der Waals surface area contributed by atoms with Crippen molar-refractivity contribution in [1.82, 2.24) is 15.6 Å². The van der Waals surface area contributed by atoms with Gasteiger partial charge in [0.2, 0.25) is 0 Å². The highest BCUT2D eigenvalue weighted by Crippen LogP contribution is 2.30. The smallest absolute Gasteiger partial charge is 0.191 e. The van der Waals surface area contributed by atoms with E-state index in [1.165, 1.54) is 0 Å². The molecule has 3 rings (SSSR count). The summed E-state index contributed by atoms with van der Waals surface area (Å²) in [5.74, 6) is 1.58. The Hall–Kier alpha value is -1.53. The summed E-state index contributed by atoms with van der Waals surface area (Å²) >= 11 is 6.22. The number of halogens is 1. The van der Waals surface area contributed by atoms with Crippen LogP contribution in [0, 0.1) is 0 Å². The standard InChI is InChI=1S/C16H24ClN5O/c1-18-15(20-11-16(23)6-3-7-16)21-12-5-9-22(10-12)14-13(17)4-2-8-19-14/h2,4,8,12,23H,3,5-7,9-11H2,1H3,(H2,18,20,21). The summed E-state index contributed by atoms with van der Waals surface area (Å²) in [6, 6.07) is 3.99. The number of nitrogens with one attached hydrogen (secondary N) is 2. The predicted octanol–water partition coefficient (Wildman–Crippen LogP) is 1.39. The number of anilines is 1. The van der Waals surface area contributed by atoms with Gasteiger partial charge in [0.25, 0.3) is 0 Å². The minimum Gasteiger partial charge on any atom is -0.388 e. The lowest BCUT2D eigenvalue weighted by Gasteiger charge is -2.37. The van der Waals surface area contributed by atoms with E-state index in [9.17, 15) is 5.11 Å². The molecule has 1 unspecified atom stereocenters.